The summed E-state index contributed by atoms with van der Waals surface area (Å²) in [4.78, 5) is 3.05. The molecule has 0 fully saturated rings. The van der Waals surface area contributed by atoms with Crippen LogP contribution in [-0.2, 0) is 6.54 Å². The molecule has 0 aliphatic rings. The summed E-state index contributed by atoms with van der Waals surface area (Å²) in [5.74, 6) is 0.268. The number of nitrogens with one attached hydrogen (secondary N) is 1. The van der Waals surface area contributed by atoms with Crippen LogP contribution in [0.5, 0.6) is 5.75 Å². The van der Waals surface area contributed by atoms with Crippen molar-refractivity contribution in [3.05, 3.63) is 30.0 Å². The van der Waals surface area contributed by atoms with E-state index in [4.69, 9.17) is 5.73 Å². The van der Waals surface area contributed by atoms with Gasteiger partial charge in [0.15, 0.2) is 0 Å². The van der Waals surface area contributed by atoms with Crippen molar-refractivity contribution in [3.63, 3.8) is 0 Å². The molecule has 2 aromatic rings. The highest BCUT2D eigenvalue weighted by Gasteiger charge is 2.04. The molecule has 1 heterocycles. The van der Waals surface area contributed by atoms with Crippen LogP contribution in [0.4, 0.5) is 0 Å². The number of phenolic OH excluding ortho intramolecular Hbond substituents is 1. The number of aromatic nitrogens is 1. The Bertz CT molecular complexity index is 406. The summed E-state index contributed by atoms with van der Waals surface area (Å²) in [5.41, 5.74) is 7.31. The van der Waals surface area contributed by atoms with Crippen LogP contribution >= 0.6 is 0 Å². The van der Waals surface area contributed by atoms with Gasteiger partial charge in [-0.15, -0.1) is 0 Å². The van der Waals surface area contributed by atoms with Gasteiger partial charge in [-0.2, -0.15) is 0 Å². The van der Waals surface area contributed by atoms with Crippen LogP contribution in [0, 0.1) is 0 Å². The molecular weight excluding hydrogens is 152 g/mol. The van der Waals surface area contributed by atoms with Crippen molar-refractivity contribution in [1.82, 2.24) is 4.98 Å². The number of fused-ring (bicyclic) bond motifs is 1. The number of aromatic amines is 1. The van der Waals surface area contributed by atoms with E-state index in [1.54, 1.807) is 6.07 Å². The number of hydrogen-bond acceptors (Lipinski definition) is 2. The Morgan fingerprint density at radius 3 is 2.92 bits per heavy atom. The summed E-state index contributed by atoms with van der Waals surface area (Å²) in [5, 5.41) is 10.4. The fraction of sp³-hybridized carbons (Fsp3) is 0.111. The quantitative estimate of drug-likeness (QED) is 0.592. The first-order chi connectivity index (χ1) is 5.83. The van der Waals surface area contributed by atoms with E-state index >= 15 is 0 Å². The number of H-pyrrole nitrogens is 1. The van der Waals surface area contributed by atoms with Gasteiger partial charge in [-0.1, -0.05) is 0 Å². The Balaban J connectivity index is 2.83. The van der Waals surface area contributed by atoms with Gasteiger partial charge in [0, 0.05) is 29.2 Å². The number of aromatic hydroxyl groups is 1. The molecule has 1 aromatic carbocycles. The van der Waals surface area contributed by atoms with Gasteiger partial charge in [-0.3, -0.25) is 0 Å². The van der Waals surface area contributed by atoms with E-state index in [0.29, 0.717) is 6.54 Å². The van der Waals surface area contributed by atoms with Crippen molar-refractivity contribution in [2.24, 2.45) is 5.73 Å². The first-order valence-electron chi connectivity index (χ1n) is 3.81. The van der Waals surface area contributed by atoms with Crippen LogP contribution in [0.15, 0.2) is 24.4 Å². The van der Waals surface area contributed by atoms with E-state index in [9.17, 15) is 5.11 Å². The number of nitrogens with two attached hydrogens (primary N) is 1. The van der Waals surface area contributed by atoms with Gasteiger partial charge >= 0.3 is 0 Å². The molecule has 4 N–H and O–H groups in total. The number of benzene rings is 1. The fourth-order valence-corrected chi connectivity index (χ4v) is 1.40. The summed E-state index contributed by atoms with van der Waals surface area (Å²) in [7, 11) is 0. The molecule has 0 spiro atoms. The maximum atomic E-state index is 9.43. The summed E-state index contributed by atoms with van der Waals surface area (Å²) >= 11 is 0. The average molecular weight is 162 g/mol. The van der Waals surface area contributed by atoms with E-state index in [1.165, 1.54) is 0 Å². The lowest BCUT2D eigenvalue weighted by Crippen LogP contribution is -1.96. The van der Waals surface area contributed by atoms with Gasteiger partial charge in [-0.05, 0) is 18.2 Å². The molecule has 0 radical (unpaired) electrons. The first-order valence-corrected chi connectivity index (χ1v) is 3.81. The zero-order valence-electron chi connectivity index (χ0n) is 6.54. The maximum absolute atomic E-state index is 9.43. The van der Waals surface area contributed by atoms with Gasteiger partial charge in [0.25, 0.3) is 0 Å². The van der Waals surface area contributed by atoms with Crippen LogP contribution in [0.25, 0.3) is 10.9 Å². The Kier molecular flexibility index (Phi) is 1.52. The minimum absolute atomic E-state index is 0.268. The van der Waals surface area contributed by atoms with Gasteiger partial charge < -0.3 is 15.8 Å². The molecule has 0 amide bonds. The van der Waals surface area contributed by atoms with E-state index < -0.39 is 0 Å². The molecule has 0 aliphatic carbocycles. The van der Waals surface area contributed by atoms with E-state index in [1.807, 2.05) is 18.3 Å². The molecule has 3 nitrogen and oxygen atoms in total. The van der Waals surface area contributed by atoms with Crippen molar-refractivity contribution in [2.45, 2.75) is 6.54 Å². The van der Waals surface area contributed by atoms with Crippen LogP contribution in [-0.4, -0.2) is 10.1 Å². The van der Waals surface area contributed by atoms with Crippen LogP contribution in [0.3, 0.4) is 0 Å². The third-order valence-electron chi connectivity index (χ3n) is 2.03. The van der Waals surface area contributed by atoms with Crippen molar-refractivity contribution >= 4 is 10.9 Å². The zero-order chi connectivity index (χ0) is 8.55. The third-order valence-corrected chi connectivity index (χ3v) is 2.03. The zero-order valence-corrected chi connectivity index (χ0v) is 6.54. The Labute approximate surface area is 69.8 Å². The molecule has 0 saturated carbocycles. The monoisotopic (exact) mass is 162 g/mol. The van der Waals surface area contributed by atoms with E-state index in [2.05, 4.69) is 4.98 Å². The molecule has 0 atom stereocenters. The smallest absolute Gasteiger partial charge is 0.120 e. The van der Waals surface area contributed by atoms with Crippen LogP contribution in [0.2, 0.25) is 0 Å². The number of hydrogen-bond donors (Lipinski definition) is 3. The molecule has 0 saturated heterocycles. The molecular formula is C9H10N2O. The molecule has 3 heteroatoms. The average Bonchev–Trinajstić information content (AvgIpc) is 2.52. The SMILES string of the molecule is NCc1c(O)ccc2[nH]ccc12. The third kappa shape index (κ3) is 0.871. The predicted molar refractivity (Wildman–Crippen MR) is 47.9 cm³/mol. The van der Waals surface area contributed by atoms with Crippen LogP contribution in [0.1, 0.15) is 5.56 Å². The summed E-state index contributed by atoms with van der Waals surface area (Å²) < 4.78 is 0. The minimum Gasteiger partial charge on any atom is -0.508 e. The van der Waals surface area contributed by atoms with Crippen molar-refractivity contribution in [2.75, 3.05) is 0 Å². The second kappa shape index (κ2) is 2.53. The number of rotatable bonds is 1. The van der Waals surface area contributed by atoms with Crippen molar-refractivity contribution < 1.29 is 5.11 Å². The summed E-state index contributed by atoms with van der Waals surface area (Å²) in [6, 6.07) is 5.40. The minimum atomic E-state index is 0.268. The van der Waals surface area contributed by atoms with Gasteiger partial charge in [0.1, 0.15) is 5.75 Å². The molecule has 0 unspecified atom stereocenters. The summed E-state index contributed by atoms with van der Waals surface area (Å²) in [6.07, 6.45) is 1.84. The van der Waals surface area contributed by atoms with Gasteiger partial charge in [-0.25, -0.2) is 0 Å². The number of phenols is 1. The highest BCUT2D eigenvalue weighted by molar-refractivity contribution is 5.85. The lowest BCUT2D eigenvalue weighted by molar-refractivity contribution is 0.469. The van der Waals surface area contributed by atoms with Crippen molar-refractivity contribution in [3.8, 4) is 5.75 Å². The molecule has 0 bridgehead atoms. The Hall–Kier alpha value is -1.48. The fourth-order valence-electron chi connectivity index (χ4n) is 1.40. The van der Waals surface area contributed by atoms with Crippen molar-refractivity contribution in [1.29, 1.82) is 0 Å². The Morgan fingerprint density at radius 2 is 2.17 bits per heavy atom. The van der Waals surface area contributed by atoms with E-state index in [-0.39, 0.29) is 5.75 Å². The lowest BCUT2D eigenvalue weighted by atomic mass is 10.1. The van der Waals surface area contributed by atoms with E-state index in [0.717, 1.165) is 16.5 Å². The predicted octanol–water partition coefficient (Wildman–Crippen LogP) is 1.33. The summed E-state index contributed by atoms with van der Waals surface area (Å²) in [6.45, 7) is 0.362. The van der Waals surface area contributed by atoms with Gasteiger partial charge in [0.05, 0.1) is 0 Å². The second-order valence-corrected chi connectivity index (χ2v) is 2.71. The highest BCUT2D eigenvalue weighted by atomic mass is 16.3. The normalized spacial score (nSPS) is 10.8. The largest absolute Gasteiger partial charge is 0.508 e. The van der Waals surface area contributed by atoms with Crippen LogP contribution < -0.4 is 5.73 Å². The molecule has 12 heavy (non-hydrogen) atoms. The second-order valence-electron chi connectivity index (χ2n) is 2.71. The standard InChI is InChI=1S/C9H10N2O/c10-5-7-6-3-4-11-8(6)1-2-9(7)12/h1-4,11-12H,5,10H2. The molecule has 1 aromatic heterocycles. The molecule has 0 aliphatic heterocycles. The molecule has 2 rings (SSSR count). The Morgan fingerprint density at radius 1 is 1.33 bits per heavy atom. The van der Waals surface area contributed by atoms with Gasteiger partial charge in [0.2, 0.25) is 0 Å². The molecule has 62 valence electrons. The topological polar surface area (TPSA) is 62.0 Å². The first kappa shape index (κ1) is 7.18. The highest BCUT2D eigenvalue weighted by Crippen LogP contribution is 2.25. The maximum Gasteiger partial charge on any atom is 0.120 e. The lowest BCUT2D eigenvalue weighted by Gasteiger charge is -2.02.